The van der Waals surface area contributed by atoms with Crippen LogP contribution in [0.4, 0.5) is 11.4 Å². The van der Waals surface area contributed by atoms with Gasteiger partial charge in [0.05, 0.1) is 11.3 Å². The topological polar surface area (TPSA) is 49.9 Å². The quantitative estimate of drug-likeness (QED) is 0.750. The predicted molar refractivity (Wildman–Crippen MR) is 110 cm³/mol. The van der Waals surface area contributed by atoms with Gasteiger partial charge in [0, 0.05) is 36.5 Å². The normalized spacial score (nSPS) is 16.3. The Bertz CT molecular complexity index is 838. The first kappa shape index (κ1) is 19.3. The molecule has 0 saturated heterocycles. The smallest absolute Gasteiger partial charge is 0.338 e. The molecule has 1 aliphatic heterocycles. The van der Waals surface area contributed by atoms with E-state index in [0.29, 0.717) is 17.4 Å². The van der Waals surface area contributed by atoms with Crippen molar-refractivity contribution in [1.82, 2.24) is 0 Å². The first-order valence-corrected chi connectivity index (χ1v) is 9.84. The number of para-hydroxylation sites is 1. The molecule has 0 radical (unpaired) electrons. The van der Waals surface area contributed by atoms with Gasteiger partial charge in [-0.1, -0.05) is 25.1 Å². The third-order valence-corrected chi connectivity index (χ3v) is 5.71. The summed E-state index contributed by atoms with van der Waals surface area (Å²) in [7, 11) is 3.81. The van der Waals surface area contributed by atoms with E-state index in [1.54, 1.807) is 34.9 Å². The fraction of sp³-hybridized carbons (Fsp3) is 0.333. The van der Waals surface area contributed by atoms with Crippen LogP contribution < -0.4 is 9.80 Å². The Labute approximate surface area is 164 Å². The molecule has 0 aromatic heterocycles. The lowest BCUT2D eigenvalue weighted by Crippen LogP contribution is -2.35. The largest absolute Gasteiger partial charge is 0.452 e. The minimum absolute atomic E-state index is 0.200. The second-order valence-corrected chi connectivity index (χ2v) is 8.23. The van der Waals surface area contributed by atoms with E-state index in [-0.39, 0.29) is 12.5 Å². The standard InChI is InChI=1S/C21H24N2O3S/c1-15-11-12-23(18-9-4-5-10-19(18)27-15)20(24)14-26-21(25)16-7-6-8-17(13-16)22(2)3/h4-10,13,15H,11-12,14H2,1-3H3/t15-/m1/s1. The lowest BCUT2D eigenvalue weighted by Gasteiger charge is -2.22. The number of ether oxygens (including phenoxy) is 1. The Balaban J connectivity index is 1.69. The average molecular weight is 385 g/mol. The third-order valence-electron chi connectivity index (χ3n) is 4.47. The lowest BCUT2D eigenvalue weighted by atomic mass is 10.2. The van der Waals surface area contributed by atoms with Gasteiger partial charge in [0.25, 0.3) is 5.91 Å². The number of carbonyl (C=O) groups is 2. The van der Waals surface area contributed by atoms with E-state index >= 15 is 0 Å². The fourth-order valence-electron chi connectivity index (χ4n) is 2.95. The molecule has 1 atom stereocenters. The summed E-state index contributed by atoms with van der Waals surface area (Å²) in [5, 5.41) is 0.431. The molecule has 0 fully saturated rings. The first-order chi connectivity index (χ1) is 13.0. The number of thioether (sulfide) groups is 1. The molecule has 0 saturated carbocycles. The second-order valence-electron chi connectivity index (χ2n) is 6.75. The van der Waals surface area contributed by atoms with E-state index in [9.17, 15) is 9.59 Å². The maximum atomic E-state index is 12.8. The van der Waals surface area contributed by atoms with Gasteiger partial charge in [-0.2, -0.15) is 0 Å². The Kier molecular flexibility index (Phi) is 6.06. The van der Waals surface area contributed by atoms with Gasteiger partial charge < -0.3 is 14.5 Å². The molecule has 0 unspecified atom stereocenters. The van der Waals surface area contributed by atoms with E-state index in [1.807, 2.05) is 49.3 Å². The maximum Gasteiger partial charge on any atom is 0.338 e. The molecule has 1 heterocycles. The van der Waals surface area contributed by atoms with Crippen molar-refractivity contribution in [2.45, 2.75) is 23.5 Å². The Hall–Kier alpha value is -2.47. The molecule has 142 valence electrons. The highest BCUT2D eigenvalue weighted by Crippen LogP contribution is 2.37. The Morgan fingerprint density at radius 3 is 2.74 bits per heavy atom. The molecule has 27 heavy (non-hydrogen) atoms. The van der Waals surface area contributed by atoms with E-state index in [2.05, 4.69) is 6.92 Å². The van der Waals surface area contributed by atoms with Gasteiger partial charge in [0.15, 0.2) is 6.61 Å². The van der Waals surface area contributed by atoms with Gasteiger partial charge in [0.2, 0.25) is 0 Å². The van der Waals surface area contributed by atoms with Gasteiger partial charge in [-0.3, -0.25) is 4.79 Å². The zero-order valence-electron chi connectivity index (χ0n) is 15.8. The molecule has 2 aromatic carbocycles. The number of hydrogen-bond donors (Lipinski definition) is 0. The molecule has 0 N–H and O–H groups in total. The molecule has 1 aliphatic rings. The molecular formula is C21H24N2O3S. The number of carbonyl (C=O) groups excluding carboxylic acids is 2. The van der Waals surface area contributed by atoms with Crippen LogP contribution in [0, 0.1) is 0 Å². The zero-order valence-corrected chi connectivity index (χ0v) is 16.7. The summed E-state index contributed by atoms with van der Waals surface area (Å²) >= 11 is 1.77. The van der Waals surface area contributed by atoms with E-state index < -0.39 is 5.97 Å². The molecule has 0 aliphatic carbocycles. The van der Waals surface area contributed by atoms with Crippen LogP contribution in [0.5, 0.6) is 0 Å². The van der Waals surface area contributed by atoms with Crippen molar-refractivity contribution in [2.75, 3.05) is 37.0 Å². The Morgan fingerprint density at radius 1 is 1.19 bits per heavy atom. The van der Waals surface area contributed by atoms with Crippen molar-refractivity contribution >= 4 is 35.0 Å². The number of anilines is 2. The molecule has 2 aromatic rings. The van der Waals surface area contributed by atoms with Crippen LogP contribution in [-0.4, -0.2) is 44.4 Å². The van der Waals surface area contributed by atoms with Crippen LogP contribution in [0.1, 0.15) is 23.7 Å². The number of hydrogen-bond acceptors (Lipinski definition) is 5. The van der Waals surface area contributed by atoms with Gasteiger partial charge >= 0.3 is 5.97 Å². The zero-order chi connectivity index (χ0) is 19.4. The number of benzene rings is 2. The summed E-state index contributed by atoms with van der Waals surface area (Å²) in [4.78, 5) is 29.8. The molecule has 3 rings (SSSR count). The minimum atomic E-state index is -0.488. The summed E-state index contributed by atoms with van der Waals surface area (Å²) in [6.07, 6.45) is 0.893. The van der Waals surface area contributed by atoms with Crippen molar-refractivity contribution in [3.63, 3.8) is 0 Å². The van der Waals surface area contributed by atoms with E-state index in [1.165, 1.54) is 0 Å². The molecular weight excluding hydrogens is 360 g/mol. The second kappa shape index (κ2) is 8.48. The highest BCUT2D eigenvalue weighted by molar-refractivity contribution is 8.00. The average Bonchev–Trinajstić information content (AvgIpc) is 2.84. The van der Waals surface area contributed by atoms with Gasteiger partial charge in [0.1, 0.15) is 0 Å². The number of fused-ring (bicyclic) bond motifs is 1. The van der Waals surface area contributed by atoms with Crippen LogP contribution in [0.25, 0.3) is 0 Å². The van der Waals surface area contributed by atoms with Crippen LogP contribution in [0.15, 0.2) is 53.4 Å². The summed E-state index contributed by atoms with van der Waals surface area (Å²) in [5.74, 6) is -0.688. The number of nitrogens with zero attached hydrogens (tertiary/aromatic N) is 2. The van der Waals surface area contributed by atoms with E-state index in [4.69, 9.17) is 4.74 Å². The van der Waals surface area contributed by atoms with Gasteiger partial charge in [-0.05, 0) is 36.8 Å². The lowest BCUT2D eigenvalue weighted by molar-refractivity contribution is -0.121. The van der Waals surface area contributed by atoms with Crippen molar-refractivity contribution in [2.24, 2.45) is 0 Å². The summed E-state index contributed by atoms with van der Waals surface area (Å²) < 4.78 is 5.31. The number of rotatable bonds is 4. The third kappa shape index (κ3) is 4.63. The SMILES string of the molecule is C[C@@H]1CCN(C(=O)COC(=O)c2cccc(N(C)C)c2)c2ccccc2S1. The molecule has 6 heteroatoms. The number of esters is 1. The van der Waals surface area contributed by atoms with Crippen LogP contribution in [0.3, 0.4) is 0 Å². The van der Waals surface area contributed by atoms with Gasteiger partial charge in [-0.25, -0.2) is 4.79 Å². The highest BCUT2D eigenvalue weighted by Gasteiger charge is 2.25. The van der Waals surface area contributed by atoms with Crippen molar-refractivity contribution < 1.29 is 14.3 Å². The molecule has 0 spiro atoms. The minimum Gasteiger partial charge on any atom is -0.452 e. The monoisotopic (exact) mass is 384 g/mol. The molecule has 5 nitrogen and oxygen atoms in total. The predicted octanol–water partition coefficient (Wildman–Crippen LogP) is 3.83. The number of amides is 1. The van der Waals surface area contributed by atoms with E-state index in [0.717, 1.165) is 22.7 Å². The van der Waals surface area contributed by atoms with Crippen LogP contribution in [-0.2, 0) is 9.53 Å². The highest BCUT2D eigenvalue weighted by atomic mass is 32.2. The van der Waals surface area contributed by atoms with Gasteiger partial charge in [-0.15, -0.1) is 11.8 Å². The van der Waals surface area contributed by atoms with Crippen molar-refractivity contribution in [3.05, 3.63) is 54.1 Å². The van der Waals surface area contributed by atoms with Crippen LogP contribution >= 0.6 is 11.8 Å². The van der Waals surface area contributed by atoms with Crippen LogP contribution in [0.2, 0.25) is 0 Å². The Morgan fingerprint density at radius 2 is 1.96 bits per heavy atom. The fourth-order valence-corrected chi connectivity index (χ4v) is 4.06. The summed E-state index contributed by atoms with van der Waals surface area (Å²) in [6.45, 7) is 2.52. The van der Waals surface area contributed by atoms with Crippen molar-refractivity contribution in [3.8, 4) is 0 Å². The first-order valence-electron chi connectivity index (χ1n) is 8.96. The molecule has 0 bridgehead atoms. The summed E-state index contributed by atoms with van der Waals surface area (Å²) in [5.41, 5.74) is 2.24. The van der Waals surface area contributed by atoms with Crippen molar-refractivity contribution in [1.29, 1.82) is 0 Å². The summed E-state index contributed by atoms with van der Waals surface area (Å²) in [6, 6.07) is 15.0. The maximum absolute atomic E-state index is 12.8. The molecule has 1 amide bonds.